The van der Waals surface area contributed by atoms with Crippen LogP contribution in [-0.4, -0.2) is 34.8 Å². The number of likely N-dealkylation sites (tertiary alicyclic amines) is 1. The highest BCUT2D eigenvalue weighted by atomic mass is 16.2. The van der Waals surface area contributed by atoms with Crippen LogP contribution >= 0.6 is 0 Å². The molecule has 0 unspecified atom stereocenters. The lowest BCUT2D eigenvalue weighted by molar-refractivity contribution is 0.0664. The van der Waals surface area contributed by atoms with Crippen LogP contribution in [0.5, 0.6) is 0 Å². The number of hydrogen-bond acceptors (Lipinski definition) is 2. The van der Waals surface area contributed by atoms with Gasteiger partial charge in [0.05, 0.1) is 0 Å². The number of hydrogen-bond donors (Lipinski definition) is 0. The number of unbranched alkanes of at least 4 members (excludes halogenated alkanes) is 2. The molecule has 1 atom stereocenters. The third-order valence-corrected chi connectivity index (χ3v) is 7.88. The zero-order valence-corrected chi connectivity index (χ0v) is 23.1. The summed E-state index contributed by atoms with van der Waals surface area (Å²) in [6, 6.07) is 38.3. The van der Waals surface area contributed by atoms with E-state index in [0.29, 0.717) is 6.54 Å². The summed E-state index contributed by atoms with van der Waals surface area (Å²) < 4.78 is 0. The molecule has 39 heavy (non-hydrogen) atoms. The molecule has 0 radical (unpaired) electrons. The minimum atomic E-state index is 0.133. The first-order valence-corrected chi connectivity index (χ1v) is 14.5. The summed E-state index contributed by atoms with van der Waals surface area (Å²) in [7, 11) is 0. The number of nitrogens with zero attached hydrogens (tertiary/aromatic N) is 2. The van der Waals surface area contributed by atoms with E-state index in [1.54, 1.807) is 0 Å². The van der Waals surface area contributed by atoms with Gasteiger partial charge in [-0.05, 0) is 59.2 Å². The van der Waals surface area contributed by atoms with Crippen LogP contribution in [0.4, 0.5) is 0 Å². The van der Waals surface area contributed by atoms with E-state index in [-0.39, 0.29) is 11.9 Å². The average molecular weight is 517 g/mol. The molecule has 0 saturated carbocycles. The Morgan fingerprint density at radius 2 is 1.38 bits per heavy atom. The molecule has 1 aliphatic rings. The molecule has 1 heterocycles. The highest BCUT2D eigenvalue weighted by Gasteiger charge is 2.31. The maximum Gasteiger partial charge on any atom is 0.254 e. The van der Waals surface area contributed by atoms with Crippen molar-refractivity contribution in [1.82, 2.24) is 9.80 Å². The summed E-state index contributed by atoms with van der Waals surface area (Å²) in [5.74, 6) is 0.133. The van der Waals surface area contributed by atoms with Crippen LogP contribution in [0.1, 0.15) is 59.7 Å². The molecular formula is C36H40N2O. The van der Waals surface area contributed by atoms with Crippen molar-refractivity contribution in [2.24, 2.45) is 0 Å². The van der Waals surface area contributed by atoms with E-state index in [1.165, 1.54) is 47.1 Å². The summed E-state index contributed by atoms with van der Waals surface area (Å²) in [4.78, 5) is 18.6. The summed E-state index contributed by atoms with van der Waals surface area (Å²) >= 11 is 0. The number of amides is 1. The van der Waals surface area contributed by atoms with Crippen molar-refractivity contribution in [3.63, 3.8) is 0 Å². The van der Waals surface area contributed by atoms with Crippen LogP contribution < -0.4 is 0 Å². The number of aryl methyl sites for hydroxylation is 1. The molecule has 200 valence electrons. The summed E-state index contributed by atoms with van der Waals surface area (Å²) in [6.45, 7) is 5.69. The Kier molecular flexibility index (Phi) is 9.24. The zero-order chi connectivity index (χ0) is 26.9. The molecule has 1 saturated heterocycles. The predicted octanol–water partition coefficient (Wildman–Crippen LogP) is 8.00. The fourth-order valence-corrected chi connectivity index (χ4v) is 5.61. The lowest BCUT2D eigenvalue weighted by Gasteiger charge is -2.30. The van der Waals surface area contributed by atoms with Crippen molar-refractivity contribution in [3.8, 4) is 11.1 Å². The highest BCUT2D eigenvalue weighted by Crippen LogP contribution is 2.25. The lowest BCUT2D eigenvalue weighted by Crippen LogP contribution is -2.41. The van der Waals surface area contributed by atoms with E-state index in [1.807, 2.05) is 18.2 Å². The van der Waals surface area contributed by atoms with E-state index >= 15 is 0 Å². The first-order chi connectivity index (χ1) is 19.2. The van der Waals surface area contributed by atoms with Gasteiger partial charge in [-0.25, -0.2) is 0 Å². The standard InChI is InChI=1S/C36H40N2O/c1-2-3-6-11-29-16-22-34(23-17-29)36(39)38(35-24-25-37(28-35)26-30-12-7-4-8-13-30)27-31-18-20-33(21-19-31)32-14-9-5-10-15-32/h4-5,7-10,12-23,35H,2-3,6,11,24-28H2,1H3/t35-/m0/s1. The van der Waals surface area contributed by atoms with Gasteiger partial charge in [0.1, 0.15) is 0 Å². The Hall–Kier alpha value is -3.69. The Labute approximate surface area is 234 Å². The van der Waals surface area contributed by atoms with Crippen LogP contribution in [0.25, 0.3) is 11.1 Å². The quantitative estimate of drug-likeness (QED) is 0.189. The van der Waals surface area contributed by atoms with Crippen LogP contribution in [0, 0.1) is 0 Å². The molecule has 0 spiro atoms. The fraction of sp³-hybridized carbons (Fsp3) is 0.306. The van der Waals surface area contributed by atoms with Crippen LogP contribution in [0.15, 0.2) is 109 Å². The molecule has 5 rings (SSSR count). The van der Waals surface area contributed by atoms with Gasteiger partial charge in [-0.3, -0.25) is 9.69 Å². The number of rotatable bonds is 11. The molecule has 0 aliphatic carbocycles. The van der Waals surface area contributed by atoms with Gasteiger partial charge in [0, 0.05) is 37.8 Å². The topological polar surface area (TPSA) is 23.6 Å². The van der Waals surface area contributed by atoms with Crippen molar-refractivity contribution in [3.05, 3.63) is 131 Å². The minimum absolute atomic E-state index is 0.133. The Bertz CT molecular complexity index is 1300. The van der Waals surface area contributed by atoms with Gasteiger partial charge in [0.25, 0.3) is 5.91 Å². The van der Waals surface area contributed by atoms with Gasteiger partial charge in [0.15, 0.2) is 0 Å². The normalized spacial score (nSPS) is 15.4. The average Bonchev–Trinajstić information content (AvgIpc) is 3.45. The van der Waals surface area contributed by atoms with E-state index < -0.39 is 0 Å². The molecule has 0 bridgehead atoms. The summed E-state index contributed by atoms with van der Waals surface area (Å²) in [5, 5.41) is 0. The molecule has 0 N–H and O–H groups in total. The number of benzene rings is 4. The van der Waals surface area contributed by atoms with Gasteiger partial charge in [-0.1, -0.05) is 117 Å². The van der Waals surface area contributed by atoms with Crippen LogP contribution in [-0.2, 0) is 19.5 Å². The van der Waals surface area contributed by atoms with Crippen molar-refractivity contribution in [1.29, 1.82) is 0 Å². The lowest BCUT2D eigenvalue weighted by atomic mass is 10.0. The van der Waals surface area contributed by atoms with Crippen LogP contribution in [0.2, 0.25) is 0 Å². The molecule has 1 amide bonds. The Balaban J connectivity index is 1.33. The predicted molar refractivity (Wildman–Crippen MR) is 162 cm³/mol. The van der Waals surface area contributed by atoms with Crippen molar-refractivity contribution in [2.75, 3.05) is 13.1 Å². The Morgan fingerprint density at radius 1 is 0.744 bits per heavy atom. The van der Waals surface area contributed by atoms with Crippen LogP contribution in [0.3, 0.4) is 0 Å². The largest absolute Gasteiger partial charge is 0.330 e. The molecule has 0 aromatic heterocycles. The van der Waals surface area contributed by atoms with Crippen molar-refractivity contribution < 1.29 is 4.79 Å². The summed E-state index contributed by atoms with van der Waals surface area (Å²) in [5.41, 5.74) is 7.01. The molecule has 4 aromatic carbocycles. The maximum absolute atomic E-state index is 14.0. The second-order valence-electron chi connectivity index (χ2n) is 10.8. The molecule has 1 aliphatic heterocycles. The fourth-order valence-electron chi connectivity index (χ4n) is 5.61. The Morgan fingerprint density at radius 3 is 2.08 bits per heavy atom. The van der Waals surface area contributed by atoms with Gasteiger partial charge in [-0.15, -0.1) is 0 Å². The van der Waals surface area contributed by atoms with Gasteiger partial charge >= 0.3 is 0 Å². The van der Waals surface area contributed by atoms with Gasteiger partial charge in [-0.2, -0.15) is 0 Å². The van der Waals surface area contributed by atoms with Gasteiger partial charge in [0.2, 0.25) is 0 Å². The summed E-state index contributed by atoms with van der Waals surface area (Å²) in [6.07, 6.45) is 5.75. The van der Waals surface area contributed by atoms with E-state index in [0.717, 1.165) is 38.0 Å². The minimum Gasteiger partial charge on any atom is -0.330 e. The third-order valence-electron chi connectivity index (χ3n) is 7.88. The molecule has 1 fully saturated rings. The monoisotopic (exact) mass is 516 g/mol. The molecular weight excluding hydrogens is 476 g/mol. The zero-order valence-electron chi connectivity index (χ0n) is 23.1. The second-order valence-corrected chi connectivity index (χ2v) is 10.8. The first kappa shape index (κ1) is 26.9. The number of carbonyl (C=O) groups is 1. The molecule has 4 aromatic rings. The SMILES string of the molecule is CCCCCc1ccc(C(=O)N(Cc2ccc(-c3ccccc3)cc2)[C@H]2CCN(Cc3ccccc3)C2)cc1. The highest BCUT2D eigenvalue weighted by molar-refractivity contribution is 5.94. The molecule has 3 nitrogen and oxygen atoms in total. The van der Waals surface area contributed by atoms with Crippen molar-refractivity contribution in [2.45, 2.75) is 58.2 Å². The van der Waals surface area contributed by atoms with Crippen molar-refractivity contribution >= 4 is 5.91 Å². The van der Waals surface area contributed by atoms with Gasteiger partial charge < -0.3 is 4.90 Å². The first-order valence-electron chi connectivity index (χ1n) is 14.5. The maximum atomic E-state index is 14.0. The molecule has 3 heteroatoms. The van der Waals surface area contributed by atoms with E-state index in [2.05, 4.69) is 108 Å². The second kappa shape index (κ2) is 13.4. The van der Waals surface area contributed by atoms with E-state index in [9.17, 15) is 4.79 Å². The smallest absolute Gasteiger partial charge is 0.254 e. The van der Waals surface area contributed by atoms with E-state index in [4.69, 9.17) is 0 Å². The number of carbonyl (C=O) groups excluding carboxylic acids is 1. The third kappa shape index (κ3) is 7.25.